The second kappa shape index (κ2) is 8.68. The zero-order valence-electron chi connectivity index (χ0n) is 15.6. The first-order chi connectivity index (χ1) is 13.1. The molecule has 1 saturated heterocycles. The van der Waals surface area contributed by atoms with Crippen LogP contribution in [0.4, 0.5) is 0 Å². The van der Waals surface area contributed by atoms with Crippen molar-refractivity contribution in [2.24, 2.45) is 0 Å². The molecule has 1 fully saturated rings. The molecule has 0 aliphatic carbocycles. The van der Waals surface area contributed by atoms with Crippen LogP contribution >= 0.6 is 0 Å². The van der Waals surface area contributed by atoms with Crippen molar-refractivity contribution in [3.8, 4) is 0 Å². The highest BCUT2D eigenvalue weighted by Gasteiger charge is 2.37. The third-order valence-corrected chi connectivity index (χ3v) is 4.50. The summed E-state index contributed by atoms with van der Waals surface area (Å²) >= 11 is 0. The zero-order chi connectivity index (χ0) is 19.2. The number of carbonyl (C=O) groups excluding carboxylic acids is 2. The molecule has 0 bridgehead atoms. The van der Waals surface area contributed by atoms with Crippen LogP contribution < -0.4 is 10.6 Å². The largest absolute Gasteiger partial charge is 0.355 e. The molecule has 2 N–H and O–H groups in total. The molecule has 0 spiro atoms. The summed E-state index contributed by atoms with van der Waals surface area (Å²) in [5.41, 5.74) is 2.12. The van der Waals surface area contributed by atoms with Crippen LogP contribution in [0.2, 0.25) is 0 Å². The molecule has 8 nitrogen and oxygen atoms in total. The molecule has 27 heavy (non-hydrogen) atoms. The highest BCUT2D eigenvalue weighted by Crippen LogP contribution is 2.21. The smallest absolute Gasteiger partial charge is 0.271 e. The number of nitrogens with one attached hydrogen (secondary N) is 2. The Morgan fingerprint density at radius 3 is 2.85 bits per heavy atom. The molecule has 3 rings (SSSR count). The molecule has 0 radical (unpaired) electrons. The average Bonchev–Trinajstić information content (AvgIpc) is 3.05. The van der Waals surface area contributed by atoms with E-state index in [2.05, 4.69) is 30.5 Å². The van der Waals surface area contributed by atoms with Gasteiger partial charge in [-0.2, -0.15) is 0 Å². The summed E-state index contributed by atoms with van der Waals surface area (Å²) < 4.78 is 0. The number of carbonyl (C=O) groups is 2. The van der Waals surface area contributed by atoms with E-state index >= 15 is 0 Å². The summed E-state index contributed by atoms with van der Waals surface area (Å²) in [6.07, 6.45) is 4.98. The van der Waals surface area contributed by atoms with Crippen LogP contribution in [0.3, 0.4) is 0 Å². The summed E-state index contributed by atoms with van der Waals surface area (Å²) in [5.74, 6) is -0.306. The first kappa shape index (κ1) is 18.9. The van der Waals surface area contributed by atoms with Gasteiger partial charge >= 0.3 is 0 Å². The molecular weight excluding hydrogens is 344 g/mol. The molecule has 2 atom stereocenters. The van der Waals surface area contributed by atoms with Crippen LogP contribution in [0.5, 0.6) is 0 Å². The maximum atomic E-state index is 12.5. The van der Waals surface area contributed by atoms with Crippen molar-refractivity contribution in [1.29, 1.82) is 0 Å². The monoisotopic (exact) mass is 368 g/mol. The number of pyridine rings is 1. The number of rotatable bonds is 6. The van der Waals surface area contributed by atoms with Gasteiger partial charge in [-0.1, -0.05) is 6.07 Å². The normalized spacial score (nSPS) is 19.6. The van der Waals surface area contributed by atoms with Gasteiger partial charge in [-0.3, -0.25) is 24.5 Å². The van der Waals surface area contributed by atoms with Gasteiger partial charge in [-0.15, -0.1) is 0 Å². The lowest BCUT2D eigenvalue weighted by Gasteiger charge is -2.23. The zero-order valence-corrected chi connectivity index (χ0v) is 15.6. The predicted octanol–water partition coefficient (Wildman–Crippen LogP) is 0.689. The first-order valence-corrected chi connectivity index (χ1v) is 9.08. The Balaban J connectivity index is 1.70. The van der Waals surface area contributed by atoms with Gasteiger partial charge in [0.15, 0.2) is 0 Å². The quantitative estimate of drug-likeness (QED) is 0.778. The molecule has 2 amide bonds. The Bertz CT molecular complexity index is 798. The Morgan fingerprint density at radius 2 is 2.15 bits per heavy atom. The molecule has 1 aliphatic heterocycles. The maximum absolute atomic E-state index is 12.5. The molecule has 142 valence electrons. The molecule has 8 heteroatoms. The first-order valence-electron chi connectivity index (χ1n) is 9.08. The number of aryl methyl sites for hydroxylation is 1. The topological polar surface area (TPSA) is 100 Å². The highest BCUT2D eigenvalue weighted by molar-refractivity contribution is 5.92. The molecule has 1 aliphatic rings. The van der Waals surface area contributed by atoms with Gasteiger partial charge < -0.3 is 10.6 Å². The minimum Gasteiger partial charge on any atom is -0.355 e. The molecule has 2 aromatic rings. The minimum absolute atomic E-state index is 0.0265. The number of likely N-dealkylation sites (tertiary alicyclic amines) is 1. The van der Waals surface area contributed by atoms with Crippen LogP contribution in [0.25, 0.3) is 0 Å². The maximum Gasteiger partial charge on any atom is 0.271 e. The van der Waals surface area contributed by atoms with Crippen molar-refractivity contribution in [3.05, 3.63) is 53.9 Å². The van der Waals surface area contributed by atoms with E-state index in [1.54, 1.807) is 0 Å². The molecule has 0 aromatic carbocycles. The SMILES string of the molecule is CCNC(=O)[C@@H]1C[C@@H](NC(=O)c2cnccn2)CN1Cc1cccc(C)n1. The minimum atomic E-state index is -0.306. The number of nitrogens with zero attached hydrogens (tertiary/aromatic N) is 4. The summed E-state index contributed by atoms with van der Waals surface area (Å²) in [4.78, 5) is 39.4. The van der Waals surface area contributed by atoms with Gasteiger partial charge in [0, 0.05) is 43.8 Å². The van der Waals surface area contributed by atoms with Crippen molar-refractivity contribution in [3.63, 3.8) is 0 Å². The third-order valence-electron chi connectivity index (χ3n) is 4.50. The van der Waals surface area contributed by atoms with Gasteiger partial charge in [0.1, 0.15) is 5.69 Å². The van der Waals surface area contributed by atoms with E-state index in [1.807, 2.05) is 32.0 Å². The van der Waals surface area contributed by atoms with Crippen LogP contribution in [-0.4, -0.2) is 56.8 Å². The van der Waals surface area contributed by atoms with Crippen molar-refractivity contribution in [2.45, 2.75) is 38.9 Å². The van der Waals surface area contributed by atoms with Crippen LogP contribution in [0, 0.1) is 6.92 Å². The van der Waals surface area contributed by atoms with Crippen molar-refractivity contribution in [1.82, 2.24) is 30.5 Å². The molecule has 3 heterocycles. The van der Waals surface area contributed by atoms with Gasteiger partial charge in [0.25, 0.3) is 5.91 Å². The fourth-order valence-corrected chi connectivity index (χ4v) is 3.32. The molecule has 0 saturated carbocycles. The fraction of sp³-hybridized carbons (Fsp3) is 0.421. The van der Waals surface area contributed by atoms with Crippen LogP contribution in [-0.2, 0) is 11.3 Å². The number of hydrogen-bond acceptors (Lipinski definition) is 6. The molecule has 0 unspecified atom stereocenters. The van der Waals surface area contributed by atoms with E-state index in [1.165, 1.54) is 18.6 Å². The summed E-state index contributed by atoms with van der Waals surface area (Å²) in [6, 6.07) is 5.41. The molecule has 2 aromatic heterocycles. The fourth-order valence-electron chi connectivity index (χ4n) is 3.32. The number of likely N-dealkylation sites (N-methyl/N-ethyl adjacent to an activating group) is 1. The standard InChI is InChI=1S/C19H24N6O2/c1-3-21-19(27)17-9-15(24-18(26)16-10-20-7-8-22-16)12-25(17)11-14-6-4-5-13(2)23-14/h4-8,10,15,17H,3,9,11-12H2,1-2H3,(H,21,27)(H,24,26)/t15-,17+/m1/s1. The third kappa shape index (κ3) is 4.85. The Labute approximate surface area is 158 Å². The Kier molecular flexibility index (Phi) is 6.08. The van der Waals surface area contributed by atoms with Gasteiger partial charge in [0.2, 0.25) is 5.91 Å². The Morgan fingerprint density at radius 1 is 1.30 bits per heavy atom. The van der Waals surface area contributed by atoms with E-state index < -0.39 is 0 Å². The van der Waals surface area contributed by atoms with Crippen molar-refractivity contribution in [2.75, 3.05) is 13.1 Å². The van der Waals surface area contributed by atoms with E-state index in [-0.39, 0.29) is 29.6 Å². The van der Waals surface area contributed by atoms with E-state index in [0.717, 1.165) is 11.4 Å². The number of aromatic nitrogens is 3. The highest BCUT2D eigenvalue weighted by atomic mass is 16.2. The second-order valence-corrected chi connectivity index (χ2v) is 6.61. The van der Waals surface area contributed by atoms with Crippen molar-refractivity contribution < 1.29 is 9.59 Å². The molecular formula is C19H24N6O2. The van der Waals surface area contributed by atoms with Crippen LogP contribution in [0.1, 0.15) is 35.2 Å². The lowest BCUT2D eigenvalue weighted by molar-refractivity contribution is -0.125. The van der Waals surface area contributed by atoms with Gasteiger partial charge in [-0.25, -0.2) is 4.98 Å². The predicted molar refractivity (Wildman–Crippen MR) is 99.8 cm³/mol. The van der Waals surface area contributed by atoms with Crippen molar-refractivity contribution >= 4 is 11.8 Å². The summed E-state index contributed by atoms with van der Waals surface area (Å²) in [5, 5.41) is 5.85. The summed E-state index contributed by atoms with van der Waals surface area (Å²) in [6.45, 7) is 5.54. The van der Waals surface area contributed by atoms with Gasteiger partial charge in [0.05, 0.1) is 17.9 Å². The average molecular weight is 368 g/mol. The second-order valence-electron chi connectivity index (χ2n) is 6.61. The summed E-state index contributed by atoms with van der Waals surface area (Å²) in [7, 11) is 0. The van der Waals surface area contributed by atoms with Gasteiger partial charge in [-0.05, 0) is 32.4 Å². The number of amides is 2. The Hall–Kier alpha value is -2.87. The van der Waals surface area contributed by atoms with E-state index in [4.69, 9.17) is 0 Å². The number of hydrogen-bond donors (Lipinski definition) is 2. The van der Waals surface area contributed by atoms with E-state index in [0.29, 0.717) is 26.1 Å². The van der Waals surface area contributed by atoms with Crippen LogP contribution in [0.15, 0.2) is 36.8 Å². The van der Waals surface area contributed by atoms with E-state index in [9.17, 15) is 9.59 Å². The lowest BCUT2D eigenvalue weighted by Crippen LogP contribution is -2.42. The lowest BCUT2D eigenvalue weighted by atomic mass is 10.1.